The SMILES string of the molecule is O=C(Nc1ccccn1)C1CCN(c2ccc(-c3ccco3)nn2)CC1. The van der Waals surface area contributed by atoms with Gasteiger partial charge in [0.1, 0.15) is 11.5 Å². The van der Waals surface area contributed by atoms with E-state index in [-0.39, 0.29) is 11.8 Å². The van der Waals surface area contributed by atoms with Crippen LogP contribution in [-0.4, -0.2) is 34.2 Å². The van der Waals surface area contributed by atoms with Gasteiger partial charge in [0, 0.05) is 25.2 Å². The fourth-order valence-electron chi connectivity index (χ4n) is 3.09. The molecule has 1 saturated heterocycles. The van der Waals surface area contributed by atoms with E-state index in [0.717, 1.165) is 31.7 Å². The minimum absolute atomic E-state index is 0.0105. The quantitative estimate of drug-likeness (QED) is 0.779. The standard InChI is InChI=1S/C19H19N5O2/c25-19(21-17-5-1-2-10-20-17)14-8-11-24(12-9-14)18-7-6-15(22-23-18)16-4-3-13-26-16/h1-7,10,13-14H,8-9,11-12H2,(H,20,21,25). The van der Waals surface area contributed by atoms with E-state index < -0.39 is 0 Å². The molecule has 1 amide bonds. The number of rotatable bonds is 4. The molecule has 3 aromatic rings. The number of piperidine rings is 1. The zero-order valence-electron chi connectivity index (χ0n) is 14.2. The molecule has 0 aromatic carbocycles. The Morgan fingerprint density at radius 2 is 1.96 bits per heavy atom. The number of furan rings is 1. The highest BCUT2D eigenvalue weighted by Gasteiger charge is 2.26. The fourth-order valence-corrected chi connectivity index (χ4v) is 3.09. The van der Waals surface area contributed by atoms with Crippen molar-refractivity contribution in [2.45, 2.75) is 12.8 Å². The summed E-state index contributed by atoms with van der Waals surface area (Å²) in [7, 11) is 0. The Kier molecular flexibility index (Phi) is 4.59. The van der Waals surface area contributed by atoms with Crippen LogP contribution in [0.4, 0.5) is 11.6 Å². The third-order valence-electron chi connectivity index (χ3n) is 4.53. The third kappa shape index (κ3) is 3.56. The topological polar surface area (TPSA) is 84.2 Å². The molecule has 0 saturated carbocycles. The van der Waals surface area contributed by atoms with Gasteiger partial charge in [-0.3, -0.25) is 4.79 Å². The number of nitrogens with zero attached hydrogens (tertiary/aromatic N) is 4. The van der Waals surface area contributed by atoms with Gasteiger partial charge >= 0.3 is 0 Å². The van der Waals surface area contributed by atoms with Crippen LogP contribution in [-0.2, 0) is 4.79 Å². The van der Waals surface area contributed by atoms with Crippen molar-refractivity contribution in [2.75, 3.05) is 23.3 Å². The lowest BCUT2D eigenvalue weighted by atomic mass is 9.96. The van der Waals surface area contributed by atoms with Crippen molar-refractivity contribution in [1.29, 1.82) is 0 Å². The summed E-state index contributed by atoms with van der Waals surface area (Å²) in [6.45, 7) is 1.55. The summed E-state index contributed by atoms with van der Waals surface area (Å²) in [5.41, 5.74) is 0.711. The van der Waals surface area contributed by atoms with E-state index in [1.165, 1.54) is 0 Å². The van der Waals surface area contributed by atoms with Gasteiger partial charge in [0.15, 0.2) is 11.6 Å². The molecule has 0 unspecified atom stereocenters. The predicted octanol–water partition coefficient (Wildman–Crippen LogP) is 2.99. The van der Waals surface area contributed by atoms with Crippen molar-refractivity contribution in [1.82, 2.24) is 15.2 Å². The monoisotopic (exact) mass is 349 g/mol. The molecule has 4 rings (SSSR count). The number of nitrogens with one attached hydrogen (secondary N) is 1. The summed E-state index contributed by atoms with van der Waals surface area (Å²) in [5, 5.41) is 11.4. The molecular weight excluding hydrogens is 330 g/mol. The van der Waals surface area contributed by atoms with Gasteiger partial charge in [0.2, 0.25) is 5.91 Å². The summed E-state index contributed by atoms with van der Waals surface area (Å²) < 4.78 is 5.33. The molecule has 132 valence electrons. The smallest absolute Gasteiger partial charge is 0.228 e. The van der Waals surface area contributed by atoms with Crippen LogP contribution in [0.5, 0.6) is 0 Å². The van der Waals surface area contributed by atoms with Gasteiger partial charge in [-0.05, 0) is 49.2 Å². The zero-order chi connectivity index (χ0) is 17.8. The number of amides is 1. The number of carbonyl (C=O) groups excluding carboxylic acids is 1. The van der Waals surface area contributed by atoms with E-state index in [1.807, 2.05) is 36.4 Å². The van der Waals surface area contributed by atoms with Crippen LogP contribution in [0.15, 0.2) is 59.3 Å². The molecule has 7 heteroatoms. The largest absolute Gasteiger partial charge is 0.463 e. The Morgan fingerprint density at radius 3 is 2.62 bits per heavy atom. The van der Waals surface area contributed by atoms with Crippen LogP contribution in [0, 0.1) is 5.92 Å². The summed E-state index contributed by atoms with van der Waals surface area (Å²) in [6.07, 6.45) is 4.84. The van der Waals surface area contributed by atoms with Crippen LogP contribution in [0.2, 0.25) is 0 Å². The minimum atomic E-state index is -0.0105. The molecule has 0 aliphatic carbocycles. The first-order valence-corrected chi connectivity index (χ1v) is 8.64. The molecule has 0 spiro atoms. The van der Waals surface area contributed by atoms with Gasteiger partial charge in [-0.2, -0.15) is 0 Å². The van der Waals surface area contributed by atoms with Crippen LogP contribution in [0.1, 0.15) is 12.8 Å². The average Bonchev–Trinajstić information content (AvgIpc) is 3.24. The molecule has 1 aliphatic rings. The first-order valence-electron chi connectivity index (χ1n) is 8.64. The summed E-state index contributed by atoms with van der Waals surface area (Å²) in [6, 6.07) is 13.0. The molecule has 3 aromatic heterocycles. The number of hydrogen-bond donors (Lipinski definition) is 1. The summed E-state index contributed by atoms with van der Waals surface area (Å²) >= 11 is 0. The molecule has 0 atom stereocenters. The second-order valence-corrected chi connectivity index (χ2v) is 6.22. The van der Waals surface area contributed by atoms with Gasteiger partial charge in [-0.1, -0.05) is 6.07 Å². The van der Waals surface area contributed by atoms with Crippen molar-refractivity contribution in [3.63, 3.8) is 0 Å². The lowest BCUT2D eigenvalue weighted by molar-refractivity contribution is -0.120. The average molecular weight is 349 g/mol. The Morgan fingerprint density at radius 1 is 1.08 bits per heavy atom. The summed E-state index contributed by atoms with van der Waals surface area (Å²) in [4.78, 5) is 18.7. The number of aromatic nitrogens is 3. The van der Waals surface area contributed by atoms with Crippen molar-refractivity contribution in [3.05, 3.63) is 54.9 Å². The zero-order valence-corrected chi connectivity index (χ0v) is 14.2. The number of anilines is 2. The number of hydrogen-bond acceptors (Lipinski definition) is 6. The molecule has 0 bridgehead atoms. The van der Waals surface area contributed by atoms with Gasteiger partial charge in [0.05, 0.1) is 6.26 Å². The molecule has 7 nitrogen and oxygen atoms in total. The Hall–Kier alpha value is -3.22. The molecule has 1 fully saturated rings. The maximum atomic E-state index is 12.4. The lowest BCUT2D eigenvalue weighted by Gasteiger charge is -2.31. The van der Waals surface area contributed by atoms with Crippen LogP contribution < -0.4 is 10.2 Å². The van der Waals surface area contributed by atoms with Gasteiger partial charge in [-0.15, -0.1) is 10.2 Å². The number of pyridine rings is 1. The van der Waals surface area contributed by atoms with E-state index in [1.54, 1.807) is 18.5 Å². The maximum absolute atomic E-state index is 12.4. The molecule has 26 heavy (non-hydrogen) atoms. The van der Waals surface area contributed by atoms with E-state index in [2.05, 4.69) is 25.4 Å². The highest BCUT2D eigenvalue weighted by atomic mass is 16.3. The molecule has 1 aliphatic heterocycles. The van der Waals surface area contributed by atoms with Crippen molar-refractivity contribution >= 4 is 17.5 Å². The van der Waals surface area contributed by atoms with Crippen LogP contribution >= 0.6 is 0 Å². The third-order valence-corrected chi connectivity index (χ3v) is 4.53. The summed E-state index contributed by atoms with van der Waals surface area (Å²) in [5.74, 6) is 2.14. The Balaban J connectivity index is 1.34. The first-order chi connectivity index (χ1) is 12.8. The van der Waals surface area contributed by atoms with Crippen LogP contribution in [0.3, 0.4) is 0 Å². The second kappa shape index (κ2) is 7.35. The van der Waals surface area contributed by atoms with Gasteiger partial charge in [0.25, 0.3) is 0 Å². The van der Waals surface area contributed by atoms with E-state index in [9.17, 15) is 4.79 Å². The normalized spacial score (nSPS) is 15.0. The fraction of sp³-hybridized carbons (Fsp3) is 0.263. The van der Waals surface area contributed by atoms with E-state index in [0.29, 0.717) is 17.3 Å². The van der Waals surface area contributed by atoms with E-state index >= 15 is 0 Å². The molecular formula is C19H19N5O2. The van der Waals surface area contributed by atoms with E-state index in [4.69, 9.17) is 4.42 Å². The second-order valence-electron chi connectivity index (χ2n) is 6.22. The maximum Gasteiger partial charge on any atom is 0.228 e. The van der Waals surface area contributed by atoms with Gasteiger partial charge < -0.3 is 14.6 Å². The minimum Gasteiger partial charge on any atom is -0.463 e. The van der Waals surface area contributed by atoms with Crippen LogP contribution in [0.25, 0.3) is 11.5 Å². The van der Waals surface area contributed by atoms with Crippen molar-refractivity contribution in [2.24, 2.45) is 5.92 Å². The lowest BCUT2D eigenvalue weighted by Crippen LogP contribution is -2.38. The highest BCUT2D eigenvalue weighted by molar-refractivity contribution is 5.91. The Labute approximate surface area is 151 Å². The highest BCUT2D eigenvalue weighted by Crippen LogP contribution is 2.24. The molecule has 0 radical (unpaired) electrons. The first kappa shape index (κ1) is 16.3. The predicted molar refractivity (Wildman–Crippen MR) is 97.5 cm³/mol. The Bertz CT molecular complexity index is 841. The molecule has 4 heterocycles. The van der Waals surface area contributed by atoms with Crippen molar-refractivity contribution in [3.8, 4) is 11.5 Å². The number of carbonyl (C=O) groups is 1. The molecule has 1 N–H and O–H groups in total. The van der Waals surface area contributed by atoms with Gasteiger partial charge in [-0.25, -0.2) is 4.98 Å². The van der Waals surface area contributed by atoms with Crippen molar-refractivity contribution < 1.29 is 9.21 Å².